The lowest BCUT2D eigenvalue weighted by molar-refractivity contribution is -0.123. The summed E-state index contributed by atoms with van der Waals surface area (Å²) in [7, 11) is 1.60. The van der Waals surface area contributed by atoms with E-state index >= 15 is 0 Å². The first-order valence-corrected chi connectivity index (χ1v) is 7.73. The second kappa shape index (κ2) is 8.06. The fourth-order valence-corrected chi connectivity index (χ4v) is 2.56. The summed E-state index contributed by atoms with van der Waals surface area (Å²) in [4.78, 5) is 11.8. The van der Waals surface area contributed by atoms with Gasteiger partial charge in [-0.3, -0.25) is 4.79 Å². The molecule has 0 aromatic heterocycles. The first-order chi connectivity index (χ1) is 10.6. The predicted octanol–water partition coefficient (Wildman–Crippen LogP) is 3.81. The Morgan fingerprint density at radius 1 is 1.23 bits per heavy atom. The second-order valence-corrected chi connectivity index (χ2v) is 5.77. The third-order valence-corrected chi connectivity index (χ3v) is 3.71. The molecule has 0 unspecified atom stereocenters. The fourth-order valence-electron chi connectivity index (χ4n) is 1.83. The minimum atomic E-state index is -0.232. The van der Waals surface area contributed by atoms with Crippen LogP contribution in [-0.4, -0.2) is 19.6 Å². The van der Waals surface area contributed by atoms with E-state index in [0.29, 0.717) is 17.3 Å². The third-order valence-electron chi connectivity index (χ3n) is 2.92. The van der Waals surface area contributed by atoms with Crippen LogP contribution in [0.2, 0.25) is 5.02 Å². The summed E-state index contributed by atoms with van der Waals surface area (Å²) in [6.07, 6.45) is 0. The van der Waals surface area contributed by atoms with E-state index in [2.05, 4.69) is 21.2 Å². The van der Waals surface area contributed by atoms with Crippen molar-refractivity contribution in [3.8, 4) is 11.5 Å². The number of ether oxygens (including phenoxy) is 2. The number of rotatable bonds is 6. The average Bonchev–Trinajstić information content (AvgIpc) is 2.52. The first-order valence-electron chi connectivity index (χ1n) is 6.56. The van der Waals surface area contributed by atoms with Gasteiger partial charge in [0.25, 0.3) is 5.91 Å². The Morgan fingerprint density at radius 2 is 2.00 bits per heavy atom. The maximum atomic E-state index is 11.8. The zero-order valence-corrected chi connectivity index (χ0v) is 14.3. The van der Waals surface area contributed by atoms with Gasteiger partial charge >= 0.3 is 0 Å². The highest BCUT2D eigenvalue weighted by Crippen LogP contribution is 2.27. The standard InChI is InChI=1S/C16H15BrClNO3/c1-21-14-5-3-2-4-11(14)9-19-16(20)10-22-15-7-6-12(17)8-13(15)18/h2-8H,9-10H2,1H3,(H,19,20). The SMILES string of the molecule is COc1ccccc1CNC(=O)COc1ccc(Br)cc1Cl. The minimum absolute atomic E-state index is 0.101. The molecule has 1 amide bonds. The van der Waals surface area contributed by atoms with E-state index in [1.807, 2.05) is 24.3 Å². The van der Waals surface area contributed by atoms with Gasteiger partial charge in [0.1, 0.15) is 11.5 Å². The number of para-hydroxylation sites is 1. The molecule has 4 nitrogen and oxygen atoms in total. The summed E-state index contributed by atoms with van der Waals surface area (Å²) in [5.41, 5.74) is 0.903. The molecule has 6 heteroatoms. The van der Waals surface area contributed by atoms with Crippen LogP contribution in [0, 0.1) is 0 Å². The molecule has 0 atom stereocenters. The number of amides is 1. The number of hydrogen-bond acceptors (Lipinski definition) is 3. The van der Waals surface area contributed by atoms with Crippen LogP contribution in [0.5, 0.6) is 11.5 Å². The molecule has 22 heavy (non-hydrogen) atoms. The van der Waals surface area contributed by atoms with Crippen molar-refractivity contribution in [3.05, 3.63) is 57.5 Å². The molecule has 0 aliphatic heterocycles. The lowest BCUT2D eigenvalue weighted by Gasteiger charge is -2.11. The predicted molar refractivity (Wildman–Crippen MR) is 89.5 cm³/mol. The molecule has 0 radical (unpaired) electrons. The quantitative estimate of drug-likeness (QED) is 0.824. The first kappa shape index (κ1) is 16.6. The van der Waals surface area contributed by atoms with E-state index < -0.39 is 0 Å². The highest BCUT2D eigenvalue weighted by molar-refractivity contribution is 9.10. The van der Waals surface area contributed by atoms with Gasteiger partial charge in [-0.25, -0.2) is 0 Å². The van der Waals surface area contributed by atoms with Crippen molar-refractivity contribution in [1.82, 2.24) is 5.32 Å². The van der Waals surface area contributed by atoms with Crippen molar-refractivity contribution in [3.63, 3.8) is 0 Å². The molecule has 0 saturated carbocycles. The highest BCUT2D eigenvalue weighted by atomic mass is 79.9. The number of carbonyl (C=O) groups excluding carboxylic acids is 1. The van der Waals surface area contributed by atoms with Crippen LogP contribution in [0.1, 0.15) is 5.56 Å². The van der Waals surface area contributed by atoms with Gasteiger partial charge in [-0.2, -0.15) is 0 Å². The molecule has 2 rings (SSSR count). The van der Waals surface area contributed by atoms with E-state index in [1.54, 1.807) is 25.3 Å². The Labute approximate surface area is 142 Å². The molecule has 0 heterocycles. The van der Waals surface area contributed by atoms with E-state index in [1.165, 1.54) is 0 Å². The molecule has 1 N–H and O–H groups in total. The van der Waals surface area contributed by atoms with E-state index in [-0.39, 0.29) is 12.5 Å². The number of carbonyl (C=O) groups is 1. The summed E-state index contributed by atoms with van der Waals surface area (Å²) in [6, 6.07) is 12.7. The molecule has 0 spiro atoms. The van der Waals surface area contributed by atoms with Crippen LogP contribution in [0.4, 0.5) is 0 Å². The number of benzene rings is 2. The zero-order valence-electron chi connectivity index (χ0n) is 11.9. The van der Waals surface area contributed by atoms with E-state index in [9.17, 15) is 4.79 Å². The average molecular weight is 385 g/mol. The summed E-state index contributed by atoms with van der Waals surface area (Å²) in [6.45, 7) is 0.275. The normalized spacial score (nSPS) is 10.1. The van der Waals surface area contributed by atoms with Crippen molar-refractivity contribution in [2.75, 3.05) is 13.7 Å². The smallest absolute Gasteiger partial charge is 0.258 e. The van der Waals surface area contributed by atoms with Gasteiger partial charge < -0.3 is 14.8 Å². The van der Waals surface area contributed by atoms with Gasteiger partial charge in [-0.1, -0.05) is 45.7 Å². The Balaban J connectivity index is 1.85. The third kappa shape index (κ3) is 4.64. The van der Waals surface area contributed by atoms with Crippen LogP contribution in [-0.2, 0) is 11.3 Å². The van der Waals surface area contributed by atoms with E-state index in [0.717, 1.165) is 15.8 Å². The van der Waals surface area contributed by atoms with Crippen LogP contribution in [0.3, 0.4) is 0 Å². The van der Waals surface area contributed by atoms with Gasteiger partial charge in [0.05, 0.1) is 12.1 Å². The minimum Gasteiger partial charge on any atom is -0.496 e. The monoisotopic (exact) mass is 383 g/mol. The van der Waals surface area contributed by atoms with Crippen LogP contribution < -0.4 is 14.8 Å². The molecule has 0 fully saturated rings. The van der Waals surface area contributed by atoms with Crippen molar-refractivity contribution in [2.45, 2.75) is 6.54 Å². The number of methoxy groups -OCH3 is 1. The Bertz CT molecular complexity index is 664. The van der Waals surface area contributed by atoms with E-state index in [4.69, 9.17) is 21.1 Å². The van der Waals surface area contributed by atoms with Crippen LogP contribution >= 0.6 is 27.5 Å². The number of halogens is 2. The van der Waals surface area contributed by atoms with Crippen molar-refractivity contribution in [1.29, 1.82) is 0 Å². The Hall–Kier alpha value is -1.72. The zero-order chi connectivity index (χ0) is 15.9. The van der Waals surface area contributed by atoms with Crippen molar-refractivity contribution < 1.29 is 14.3 Å². The maximum Gasteiger partial charge on any atom is 0.258 e. The summed E-state index contributed by atoms with van der Waals surface area (Å²) < 4.78 is 11.5. The molecular formula is C16H15BrClNO3. The maximum absolute atomic E-state index is 11.8. The fraction of sp³-hybridized carbons (Fsp3) is 0.188. The highest BCUT2D eigenvalue weighted by Gasteiger charge is 2.08. The number of hydrogen-bond donors (Lipinski definition) is 1. The second-order valence-electron chi connectivity index (χ2n) is 4.45. The van der Waals surface area contributed by atoms with Gasteiger partial charge in [0.15, 0.2) is 6.61 Å². The molecule has 0 saturated heterocycles. The molecular weight excluding hydrogens is 370 g/mol. The largest absolute Gasteiger partial charge is 0.496 e. The van der Waals surface area contributed by atoms with Crippen molar-refractivity contribution >= 4 is 33.4 Å². The van der Waals surface area contributed by atoms with Crippen LogP contribution in [0.15, 0.2) is 46.9 Å². The van der Waals surface area contributed by atoms with Crippen LogP contribution in [0.25, 0.3) is 0 Å². The molecule has 0 bridgehead atoms. The Morgan fingerprint density at radius 3 is 2.73 bits per heavy atom. The molecule has 0 aliphatic carbocycles. The molecule has 2 aromatic carbocycles. The molecule has 2 aromatic rings. The molecule has 0 aliphatic rings. The van der Waals surface area contributed by atoms with Gasteiger partial charge in [-0.05, 0) is 24.3 Å². The van der Waals surface area contributed by atoms with Gasteiger partial charge in [0, 0.05) is 16.6 Å². The summed E-state index contributed by atoms with van der Waals surface area (Å²) in [5.74, 6) is 0.974. The lowest BCUT2D eigenvalue weighted by Crippen LogP contribution is -2.28. The summed E-state index contributed by atoms with van der Waals surface area (Å²) >= 11 is 9.33. The topological polar surface area (TPSA) is 47.6 Å². The number of nitrogens with one attached hydrogen (secondary N) is 1. The molecule has 116 valence electrons. The van der Waals surface area contributed by atoms with Gasteiger partial charge in [0.2, 0.25) is 0 Å². The van der Waals surface area contributed by atoms with Crippen molar-refractivity contribution in [2.24, 2.45) is 0 Å². The summed E-state index contributed by atoms with van der Waals surface area (Å²) in [5, 5.41) is 3.23. The lowest BCUT2D eigenvalue weighted by atomic mass is 10.2. The Kier molecular flexibility index (Phi) is 6.10. The van der Waals surface area contributed by atoms with Gasteiger partial charge in [-0.15, -0.1) is 0 Å².